The molecular weight excluding hydrogens is 224 g/mol. The number of nitrogens with one attached hydrogen (secondary N) is 1. The van der Waals surface area contributed by atoms with Crippen molar-refractivity contribution in [3.8, 4) is 0 Å². The summed E-state index contributed by atoms with van der Waals surface area (Å²) in [5.41, 5.74) is 8.15. The first-order chi connectivity index (χ1) is 7.29. The van der Waals surface area contributed by atoms with Gasteiger partial charge in [-0.1, -0.05) is 24.3 Å². The van der Waals surface area contributed by atoms with E-state index >= 15 is 0 Å². The van der Waals surface area contributed by atoms with Crippen LogP contribution in [0.5, 0.6) is 0 Å². The third kappa shape index (κ3) is 2.62. The molecule has 0 unspecified atom stereocenters. The Balaban J connectivity index is 0.00000128. The van der Waals surface area contributed by atoms with E-state index in [-0.39, 0.29) is 18.3 Å². The van der Waals surface area contributed by atoms with Crippen molar-refractivity contribution in [2.24, 2.45) is 5.73 Å². The number of benzene rings is 1. The van der Waals surface area contributed by atoms with Gasteiger partial charge in [-0.25, -0.2) is 0 Å². The van der Waals surface area contributed by atoms with Gasteiger partial charge in [-0.2, -0.15) is 0 Å². The largest absolute Gasteiger partial charge is 0.366 e. The monoisotopic (exact) mass is 238 g/mol. The Bertz CT molecular complexity index is 415. The summed E-state index contributed by atoms with van der Waals surface area (Å²) in [6.45, 7) is 1.82. The summed E-state index contributed by atoms with van der Waals surface area (Å²) in [5.74, 6) is -0.356. The van der Waals surface area contributed by atoms with Crippen molar-refractivity contribution in [2.75, 3.05) is 13.1 Å². The molecule has 0 fully saturated rings. The van der Waals surface area contributed by atoms with Gasteiger partial charge in [-0.15, -0.1) is 12.4 Å². The van der Waals surface area contributed by atoms with E-state index in [2.05, 4.69) is 11.4 Å². The third-order valence-electron chi connectivity index (χ3n) is 2.60. The van der Waals surface area contributed by atoms with Gasteiger partial charge in [0.1, 0.15) is 0 Å². The van der Waals surface area contributed by atoms with E-state index in [9.17, 15) is 4.79 Å². The van der Waals surface area contributed by atoms with Crippen LogP contribution in [0.3, 0.4) is 0 Å². The standard InChI is InChI=1S/C12H14N2O.ClH/c13-12(15)11-4-2-1-3-10(11)9-5-7-14-8-6-9;/h1-5,14H,6-8H2,(H2,13,15);1H. The molecule has 86 valence electrons. The molecule has 4 heteroatoms. The Morgan fingerprint density at radius 1 is 1.31 bits per heavy atom. The number of amides is 1. The summed E-state index contributed by atoms with van der Waals surface area (Å²) < 4.78 is 0. The summed E-state index contributed by atoms with van der Waals surface area (Å²) in [6, 6.07) is 7.51. The number of hydrogen-bond acceptors (Lipinski definition) is 2. The van der Waals surface area contributed by atoms with Gasteiger partial charge in [-0.05, 0) is 30.2 Å². The third-order valence-corrected chi connectivity index (χ3v) is 2.60. The maximum absolute atomic E-state index is 11.2. The fraction of sp³-hybridized carbons (Fsp3) is 0.250. The lowest BCUT2D eigenvalue weighted by atomic mass is 9.95. The van der Waals surface area contributed by atoms with Crippen LogP contribution in [0.25, 0.3) is 5.57 Å². The average molecular weight is 239 g/mol. The van der Waals surface area contributed by atoms with E-state index in [0.717, 1.165) is 25.1 Å². The van der Waals surface area contributed by atoms with Crippen LogP contribution >= 0.6 is 12.4 Å². The second kappa shape index (κ2) is 5.68. The number of primary amides is 1. The Morgan fingerprint density at radius 3 is 2.69 bits per heavy atom. The average Bonchev–Trinajstić information content (AvgIpc) is 2.30. The number of hydrogen-bond donors (Lipinski definition) is 2. The highest BCUT2D eigenvalue weighted by atomic mass is 35.5. The number of carbonyl (C=O) groups is 1. The molecule has 3 nitrogen and oxygen atoms in total. The van der Waals surface area contributed by atoms with Crippen molar-refractivity contribution < 1.29 is 4.79 Å². The van der Waals surface area contributed by atoms with Gasteiger partial charge in [-0.3, -0.25) is 4.79 Å². The second-order valence-corrected chi connectivity index (χ2v) is 3.59. The highest BCUT2D eigenvalue weighted by Crippen LogP contribution is 2.22. The van der Waals surface area contributed by atoms with Crippen LogP contribution < -0.4 is 11.1 Å². The van der Waals surface area contributed by atoms with Crippen LogP contribution in [0.1, 0.15) is 22.3 Å². The fourth-order valence-electron chi connectivity index (χ4n) is 1.85. The lowest BCUT2D eigenvalue weighted by molar-refractivity contribution is 0.1000. The summed E-state index contributed by atoms with van der Waals surface area (Å²) in [4.78, 5) is 11.2. The van der Waals surface area contributed by atoms with Gasteiger partial charge in [0, 0.05) is 12.1 Å². The van der Waals surface area contributed by atoms with E-state index in [1.165, 1.54) is 5.57 Å². The van der Waals surface area contributed by atoms with E-state index in [4.69, 9.17) is 5.73 Å². The Hall–Kier alpha value is -1.32. The Kier molecular flexibility index (Phi) is 4.52. The lowest BCUT2D eigenvalue weighted by Gasteiger charge is -2.16. The number of rotatable bonds is 2. The van der Waals surface area contributed by atoms with Gasteiger partial charge in [0.05, 0.1) is 0 Å². The zero-order chi connectivity index (χ0) is 10.7. The van der Waals surface area contributed by atoms with Crippen molar-refractivity contribution in [2.45, 2.75) is 6.42 Å². The SMILES string of the molecule is Cl.NC(=O)c1ccccc1C1=CCNCC1. The fourth-order valence-corrected chi connectivity index (χ4v) is 1.85. The first-order valence-corrected chi connectivity index (χ1v) is 5.08. The van der Waals surface area contributed by atoms with Gasteiger partial charge in [0.25, 0.3) is 0 Å². The Morgan fingerprint density at radius 2 is 2.06 bits per heavy atom. The highest BCUT2D eigenvalue weighted by molar-refractivity contribution is 5.98. The summed E-state index contributed by atoms with van der Waals surface area (Å²) in [5, 5.41) is 3.24. The first-order valence-electron chi connectivity index (χ1n) is 5.08. The molecule has 0 atom stereocenters. The van der Waals surface area contributed by atoms with Crippen LogP contribution in [0, 0.1) is 0 Å². The summed E-state index contributed by atoms with van der Waals surface area (Å²) in [6.07, 6.45) is 3.07. The number of nitrogens with two attached hydrogens (primary N) is 1. The van der Waals surface area contributed by atoms with E-state index < -0.39 is 0 Å². The molecular formula is C12H15ClN2O. The van der Waals surface area contributed by atoms with Gasteiger partial charge < -0.3 is 11.1 Å². The molecule has 0 spiro atoms. The number of halogens is 1. The zero-order valence-corrected chi connectivity index (χ0v) is 9.72. The molecule has 0 bridgehead atoms. The molecule has 1 aromatic carbocycles. The van der Waals surface area contributed by atoms with Crippen LogP contribution in [-0.2, 0) is 0 Å². The molecule has 1 aliphatic rings. The van der Waals surface area contributed by atoms with E-state index in [1.807, 2.05) is 18.2 Å². The minimum Gasteiger partial charge on any atom is -0.366 e. The zero-order valence-electron chi connectivity index (χ0n) is 8.90. The maximum atomic E-state index is 11.2. The molecule has 1 amide bonds. The molecule has 0 radical (unpaired) electrons. The van der Waals surface area contributed by atoms with Crippen molar-refractivity contribution in [3.05, 3.63) is 41.5 Å². The topological polar surface area (TPSA) is 55.1 Å². The quantitative estimate of drug-likeness (QED) is 0.822. The second-order valence-electron chi connectivity index (χ2n) is 3.59. The normalized spacial score (nSPS) is 14.9. The Labute approximate surface area is 101 Å². The van der Waals surface area contributed by atoms with Crippen molar-refractivity contribution in [1.82, 2.24) is 5.32 Å². The van der Waals surface area contributed by atoms with Gasteiger partial charge in [0.2, 0.25) is 5.91 Å². The highest BCUT2D eigenvalue weighted by Gasteiger charge is 2.12. The first kappa shape index (κ1) is 12.7. The van der Waals surface area contributed by atoms with Crippen LogP contribution in [-0.4, -0.2) is 19.0 Å². The van der Waals surface area contributed by atoms with Gasteiger partial charge in [0.15, 0.2) is 0 Å². The van der Waals surface area contributed by atoms with Crippen LogP contribution in [0.15, 0.2) is 30.3 Å². The molecule has 0 saturated carbocycles. The van der Waals surface area contributed by atoms with Gasteiger partial charge >= 0.3 is 0 Å². The van der Waals surface area contributed by atoms with E-state index in [0.29, 0.717) is 5.56 Å². The van der Waals surface area contributed by atoms with Crippen LogP contribution in [0.2, 0.25) is 0 Å². The smallest absolute Gasteiger partial charge is 0.249 e. The molecule has 0 aromatic heterocycles. The minimum absolute atomic E-state index is 0. The number of carbonyl (C=O) groups excluding carboxylic acids is 1. The minimum atomic E-state index is -0.356. The molecule has 0 saturated heterocycles. The lowest BCUT2D eigenvalue weighted by Crippen LogP contribution is -2.21. The molecule has 1 heterocycles. The predicted molar refractivity (Wildman–Crippen MR) is 67.7 cm³/mol. The predicted octanol–water partition coefficient (Wildman–Crippen LogP) is 1.58. The van der Waals surface area contributed by atoms with Crippen molar-refractivity contribution >= 4 is 23.9 Å². The summed E-state index contributed by atoms with van der Waals surface area (Å²) in [7, 11) is 0. The molecule has 0 aliphatic carbocycles. The maximum Gasteiger partial charge on any atom is 0.249 e. The molecule has 2 rings (SSSR count). The van der Waals surface area contributed by atoms with E-state index in [1.54, 1.807) is 6.07 Å². The molecule has 16 heavy (non-hydrogen) atoms. The summed E-state index contributed by atoms with van der Waals surface area (Å²) >= 11 is 0. The van der Waals surface area contributed by atoms with Crippen molar-refractivity contribution in [1.29, 1.82) is 0 Å². The van der Waals surface area contributed by atoms with Crippen LogP contribution in [0.4, 0.5) is 0 Å². The molecule has 1 aromatic rings. The molecule has 3 N–H and O–H groups in total. The van der Waals surface area contributed by atoms with Crippen molar-refractivity contribution in [3.63, 3.8) is 0 Å². The molecule has 1 aliphatic heterocycles.